The summed E-state index contributed by atoms with van der Waals surface area (Å²) >= 11 is 0. The van der Waals surface area contributed by atoms with Crippen LogP contribution in [0.25, 0.3) is 0 Å². The van der Waals surface area contributed by atoms with Crippen LogP contribution in [0.1, 0.15) is 36.9 Å². The molecule has 2 rings (SSSR count). The number of carbonyl (C=O) groups is 1. The number of hydrogen-bond acceptors (Lipinski definition) is 2. The van der Waals surface area contributed by atoms with Crippen LogP contribution in [0.3, 0.4) is 0 Å². The molecule has 0 spiro atoms. The molecule has 18 heavy (non-hydrogen) atoms. The molecule has 0 aliphatic carbocycles. The molecular weight excluding hydrogens is 226 g/mol. The van der Waals surface area contributed by atoms with Crippen molar-refractivity contribution in [2.75, 3.05) is 13.1 Å². The molecule has 1 aliphatic heterocycles. The Labute approximate surface area is 108 Å². The minimum absolute atomic E-state index is 0.204. The first kappa shape index (κ1) is 13.1. The SMILES string of the molecule is Cc1ccccc1C(C)N1CCCC(C(=O)O)C1. The van der Waals surface area contributed by atoms with Gasteiger partial charge in [0.2, 0.25) is 0 Å². The quantitative estimate of drug-likeness (QED) is 0.893. The van der Waals surface area contributed by atoms with Crippen molar-refractivity contribution in [3.8, 4) is 0 Å². The fourth-order valence-corrected chi connectivity index (χ4v) is 2.81. The van der Waals surface area contributed by atoms with Gasteiger partial charge >= 0.3 is 5.97 Å². The zero-order valence-electron chi connectivity index (χ0n) is 11.1. The first-order valence-corrected chi connectivity index (χ1v) is 6.62. The van der Waals surface area contributed by atoms with E-state index in [2.05, 4.69) is 36.9 Å². The highest BCUT2D eigenvalue weighted by Crippen LogP contribution is 2.28. The van der Waals surface area contributed by atoms with Gasteiger partial charge in [0.15, 0.2) is 0 Å². The van der Waals surface area contributed by atoms with Crippen molar-refractivity contribution in [1.82, 2.24) is 4.90 Å². The molecule has 1 aliphatic rings. The van der Waals surface area contributed by atoms with Gasteiger partial charge in [-0.3, -0.25) is 9.69 Å². The zero-order chi connectivity index (χ0) is 13.1. The van der Waals surface area contributed by atoms with Gasteiger partial charge in [-0.05, 0) is 44.4 Å². The smallest absolute Gasteiger partial charge is 0.307 e. The van der Waals surface area contributed by atoms with Gasteiger partial charge in [0.25, 0.3) is 0 Å². The molecular formula is C15H21NO2. The van der Waals surface area contributed by atoms with Crippen LogP contribution in [0, 0.1) is 12.8 Å². The van der Waals surface area contributed by atoms with Gasteiger partial charge in [-0.1, -0.05) is 24.3 Å². The van der Waals surface area contributed by atoms with Crippen LogP contribution in [-0.2, 0) is 4.79 Å². The summed E-state index contributed by atoms with van der Waals surface area (Å²) < 4.78 is 0. The molecule has 98 valence electrons. The summed E-state index contributed by atoms with van der Waals surface area (Å²) in [5.74, 6) is -0.859. The van der Waals surface area contributed by atoms with Crippen LogP contribution >= 0.6 is 0 Å². The van der Waals surface area contributed by atoms with Crippen molar-refractivity contribution in [2.45, 2.75) is 32.7 Å². The third-order valence-corrected chi connectivity index (χ3v) is 3.99. The number of likely N-dealkylation sites (tertiary alicyclic amines) is 1. The van der Waals surface area contributed by atoms with E-state index in [1.807, 2.05) is 6.07 Å². The fraction of sp³-hybridized carbons (Fsp3) is 0.533. The molecule has 0 amide bonds. The first-order valence-electron chi connectivity index (χ1n) is 6.62. The second kappa shape index (κ2) is 5.53. The van der Waals surface area contributed by atoms with Crippen LogP contribution in [0.5, 0.6) is 0 Å². The summed E-state index contributed by atoms with van der Waals surface area (Å²) in [5.41, 5.74) is 2.59. The van der Waals surface area contributed by atoms with Gasteiger partial charge in [-0.15, -0.1) is 0 Å². The summed E-state index contributed by atoms with van der Waals surface area (Å²) in [6.45, 7) is 5.96. The maximum atomic E-state index is 11.1. The Morgan fingerprint density at radius 1 is 1.44 bits per heavy atom. The van der Waals surface area contributed by atoms with Gasteiger partial charge in [-0.25, -0.2) is 0 Å². The van der Waals surface area contributed by atoms with E-state index in [9.17, 15) is 4.79 Å². The summed E-state index contributed by atoms with van der Waals surface area (Å²) in [6.07, 6.45) is 1.79. The average Bonchev–Trinajstić information content (AvgIpc) is 2.38. The van der Waals surface area contributed by atoms with Gasteiger partial charge in [0.05, 0.1) is 5.92 Å². The lowest BCUT2D eigenvalue weighted by Gasteiger charge is -2.36. The molecule has 1 heterocycles. The molecule has 1 saturated heterocycles. The highest BCUT2D eigenvalue weighted by molar-refractivity contribution is 5.70. The second-order valence-corrected chi connectivity index (χ2v) is 5.20. The van der Waals surface area contributed by atoms with Crippen LogP contribution in [0.4, 0.5) is 0 Å². The van der Waals surface area contributed by atoms with E-state index in [0.29, 0.717) is 12.6 Å². The fourth-order valence-electron chi connectivity index (χ4n) is 2.81. The van der Waals surface area contributed by atoms with Gasteiger partial charge in [-0.2, -0.15) is 0 Å². The third kappa shape index (κ3) is 2.72. The van der Waals surface area contributed by atoms with Gasteiger partial charge in [0, 0.05) is 12.6 Å². The van der Waals surface area contributed by atoms with E-state index in [-0.39, 0.29) is 5.92 Å². The third-order valence-electron chi connectivity index (χ3n) is 3.99. The number of rotatable bonds is 3. The molecule has 1 aromatic carbocycles. The predicted octanol–water partition coefficient (Wildman–Crippen LogP) is 2.85. The van der Waals surface area contributed by atoms with E-state index in [4.69, 9.17) is 5.11 Å². The van der Waals surface area contributed by atoms with E-state index in [0.717, 1.165) is 19.4 Å². The largest absolute Gasteiger partial charge is 0.481 e. The van der Waals surface area contributed by atoms with Crippen molar-refractivity contribution in [3.63, 3.8) is 0 Å². The van der Waals surface area contributed by atoms with E-state index >= 15 is 0 Å². The molecule has 0 radical (unpaired) electrons. The predicted molar refractivity (Wildman–Crippen MR) is 71.5 cm³/mol. The normalized spacial score (nSPS) is 22.7. The second-order valence-electron chi connectivity index (χ2n) is 5.20. The van der Waals surface area contributed by atoms with E-state index in [1.165, 1.54) is 11.1 Å². The van der Waals surface area contributed by atoms with Crippen molar-refractivity contribution < 1.29 is 9.90 Å². The highest BCUT2D eigenvalue weighted by atomic mass is 16.4. The Morgan fingerprint density at radius 2 is 2.17 bits per heavy atom. The standard InChI is InChI=1S/C15H21NO2/c1-11-6-3-4-8-14(11)12(2)16-9-5-7-13(10-16)15(17)18/h3-4,6,8,12-13H,5,7,9-10H2,1-2H3,(H,17,18). The van der Waals surface area contributed by atoms with Gasteiger partial charge in [0.1, 0.15) is 0 Å². The van der Waals surface area contributed by atoms with Crippen molar-refractivity contribution in [1.29, 1.82) is 0 Å². The number of aliphatic carboxylic acids is 1. The molecule has 0 bridgehead atoms. The molecule has 3 heteroatoms. The van der Waals surface area contributed by atoms with Crippen LogP contribution in [0.2, 0.25) is 0 Å². The van der Waals surface area contributed by atoms with Crippen molar-refractivity contribution >= 4 is 5.97 Å². The summed E-state index contributed by atoms with van der Waals surface area (Å²) in [6, 6.07) is 8.65. The van der Waals surface area contributed by atoms with Crippen molar-refractivity contribution in [3.05, 3.63) is 35.4 Å². The molecule has 1 N–H and O–H groups in total. The number of nitrogens with zero attached hydrogens (tertiary/aromatic N) is 1. The zero-order valence-corrected chi connectivity index (χ0v) is 11.1. The Morgan fingerprint density at radius 3 is 2.83 bits per heavy atom. The molecule has 1 fully saturated rings. The average molecular weight is 247 g/mol. The Kier molecular flexibility index (Phi) is 4.02. The van der Waals surface area contributed by atoms with E-state index < -0.39 is 5.97 Å². The van der Waals surface area contributed by atoms with Crippen molar-refractivity contribution in [2.24, 2.45) is 5.92 Å². The Bertz CT molecular complexity index is 430. The van der Waals surface area contributed by atoms with Crippen LogP contribution < -0.4 is 0 Å². The molecule has 3 nitrogen and oxygen atoms in total. The highest BCUT2D eigenvalue weighted by Gasteiger charge is 2.28. The Hall–Kier alpha value is -1.35. The lowest BCUT2D eigenvalue weighted by Crippen LogP contribution is -2.40. The summed E-state index contributed by atoms with van der Waals surface area (Å²) in [4.78, 5) is 13.4. The Balaban J connectivity index is 2.11. The molecule has 0 saturated carbocycles. The minimum Gasteiger partial charge on any atom is -0.481 e. The summed E-state index contributed by atoms with van der Waals surface area (Å²) in [5, 5.41) is 9.14. The number of carboxylic acid groups (broad SMARTS) is 1. The lowest BCUT2D eigenvalue weighted by molar-refractivity contribution is -0.143. The molecule has 0 aromatic heterocycles. The molecule has 1 aromatic rings. The molecule has 2 atom stereocenters. The maximum Gasteiger partial charge on any atom is 0.307 e. The van der Waals surface area contributed by atoms with E-state index in [1.54, 1.807) is 0 Å². The number of carboxylic acids is 1. The lowest BCUT2D eigenvalue weighted by atomic mass is 9.94. The minimum atomic E-state index is -0.656. The number of benzene rings is 1. The number of hydrogen-bond donors (Lipinski definition) is 1. The van der Waals surface area contributed by atoms with Crippen LogP contribution in [-0.4, -0.2) is 29.1 Å². The number of aryl methyl sites for hydroxylation is 1. The summed E-state index contributed by atoms with van der Waals surface area (Å²) in [7, 11) is 0. The monoisotopic (exact) mass is 247 g/mol. The molecule has 2 unspecified atom stereocenters. The van der Waals surface area contributed by atoms with Crippen LogP contribution in [0.15, 0.2) is 24.3 Å². The number of piperidine rings is 1. The first-order chi connectivity index (χ1) is 8.59. The topological polar surface area (TPSA) is 40.5 Å². The maximum absolute atomic E-state index is 11.1. The van der Waals surface area contributed by atoms with Gasteiger partial charge < -0.3 is 5.11 Å².